The highest BCUT2D eigenvalue weighted by Gasteiger charge is 2.46. The van der Waals surface area contributed by atoms with Crippen molar-refractivity contribution in [2.24, 2.45) is 5.41 Å². The minimum absolute atomic E-state index is 0.181. The van der Waals surface area contributed by atoms with Crippen molar-refractivity contribution in [1.82, 2.24) is 8.61 Å². The molecule has 10 heteroatoms. The molecule has 2 aliphatic heterocycles. The first-order valence-corrected chi connectivity index (χ1v) is 13.8. The average Bonchev–Trinajstić information content (AvgIpc) is 3.23. The SMILES string of the molecule is COc1cccc(S(=O)(=O)N2CCC3(CC2)CCN(S(=O)(=O)c2cc(C)ccc2OC)C3)c1. The molecule has 2 heterocycles. The van der Waals surface area contributed by atoms with Gasteiger partial charge in [-0.2, -0.15) is 8.61 Å². The molecule has 2 fully saturated rings. The van der Waals surface area contributed by atoms with Crippen LogP contribution in [0, 0.1) is 12.3 Å². The van der Waals surface area contributed by atoms with Crippen LogP contribution in [0.1, 0.15) is 24.8 Å². The van der Waals surface area contributed by atoms with E-state index in [0.717, 1.165) is 5.56 Å². The fraction of sp³-hybridized carbons (Fsp3) is 0.478. The number of piperidine rings is 1. The van der Waals surface area contributed by atoms with Gasteiger partial charge in [-0.1, -0.05) is 12.1 Å². The summed E-state index contributed by atoms with van der Waals surface area (Å²) in [5, 5.41) is 0. The van der Waals surface area contributed by atoms with Crippen LogP contribution in [0.4, 0.5) is 0 Å². The Labute approximate surface area is 196 Å². The van der Waals surface area contributed by atoms with Gasteiger partial charge in [0.1, 0.15) is 16.4 Å². The van der Waals surface area contributed by atoms with Crippen LogP contribution in [0.2, 0.25) is 0 Å². The molecular formula is C23H30N2O6S2. The van der Waals surface area contributed by atoms with Gasteiger partial charge in [-0.15, -0.1) is 0 Å². The van der Waals surface area contributed by atoms with Crippen molar-refractivity contribution in [3.05, 3.63) is 48.0 Å². The molecule has 0 aliphatic carbocycles. The molecule has 0 bridgehead atoms. The number of aryl methyl sites for hydroxylation is 1. The Kier molecular flexibility index (Phi) is 6.47. The molecule has 0 amide bonds. The quantitative estimate of drug-likeness (QED) is 0.613. The van der Waals surface area contributed by atoms with Gasteiger partial charge < -0.3 is 9.47 Å². The summed E-state index contributed by atoms with van der Waals surface area (Å²) in [5.74, 6) is 0.827. The second kappa shape index (κ2) is 8.90. The smallest absolute Gasteiger partial charge is 0.246 e. The van der Waals surface area contributed by atoms with Crippen molar-refractivity contribution in [2.75, 3.05) is 40.4 Å². The van der Waals surface area contributed by atoms with Crippen molar-refractivity contribution < 1.29 is 26.3 Å². The first kappa shape index (κ1) is 24.0. The molecule has 0 radical (unpaired) electrons. The lowest BCUT2D eigenvalue weighted by Gasteiger charge is -2.38. The van der Waals surface area contributed by atoms with Gasteiger partial charge in [-0.05, 0) is 61.4 Å². The predicted octanol–water partition coefficient (Wildman–Crippen LogP) is 2.88. The Bertz CT molecular complexity index is 1240. The van der Waals surface area contributed by atoms with E-state index in [9.17, 15) is 16.8 Å². The number of nitrogens with zero attached hydrogens (tertiary/aromatic N) is 2. The summed E-state index contributed by atoms with van der Waals surface area (Å²) in [6.07, 6.45) is 1.95. The third kappa shape index (κ3) is 4.49. The maximum absolute atomic E-state index is 13.4. The average molecular weight is 495 g/mol. The van der Waals surface area contributed by atoms with Crippen molar-refractivity contribution in [3.8, 4) is 11.5 Å². The summed E-state index contributed by atoms with van der Waals surface area (Å²) < 4.78 is 66.5. The van der Waals surface area contributed by atoms with E-state index in [1.165, 1.54) is 28.9 Å². The zero-order chi connectivity index (χ0) is 23.9. The zero-order valence-electron chi connectivity index (χ0n) is 19.2. The third-order valence-electron chi connectivity index (χ3n) is 6.80. The minimum atomic E-state index is -3.71. The molecule has 2 aromatic rings. The van der Waals surface area contributed by atoms with Crippen LogP contribution in [0.3, 0.4) is 0 Å². The Hall–Kier alpha value is -2.14. The van der Waals surface area contributed by atoms with Crippen LogP contribution in [-0.4, -0.2) is 65.8 Å². The number of sulfonamides is 2. The Morgan fingerprint density at radius 3 is 2.12 bits per heavy atom. The summed E-state index contributed by atoms with van der Waals surface area (Å²) in [7, 11) is -4.38. The fourth-order valence-corrected chi connectivity index (χ4v) is 8.01. The Morgan fingerprint density at radius 2 is 1.48 bits per heavy atom. The highest BCUT2D eigenvalue weighted by Crippen LogP contribution is 2.44. The van der Waals surface area contributed by atoms with Gasteiger partial charge in [0.25, 0.3) is 0 Å². The maximum Gasteiger partial charge on any atom is 0.246 e. The van der Waals surface area contributed by atoms with Crippen molar-refractivity contribution >= 4 is 20.0 Å². The normalized spacial score (nSPS) is 19.6. The molecule has 2 aromatic carbocycles. The number of rotatable bonds is 6. The van der Waals surface area contributed by atoms with E-state index in [-0.39, 0.29) is 15.2 Å². The summed E-state index contributed by atoms with van der Waals surface area (Å²) in [6.45, 7) is 3.38. The maximum atomic E-state index is 13.4. The number of ether oxygens (including phenoxy) is 2. The molecule has 0 aromatic heterocycles. The van der Waals surface area contributed by atoms with E-state index in [2.05, 4.69) is 0 Å². The zero-order valence-corrected chi connectivity index (χ0v) is 20.8. The fourth-order valence-electron chi connectivity index (χ4n) is 4.74. The van der Waals surface area contributed by atoms with Crippen LogP contribution >= 0.6 is 0 Å². The van der Waals surface area contributed by atoms with E-state index in [1.807, 2.05) is 13.0 Å². The molecule has 180 valence electrons. The molecule has 8 nitrogen and oxygen atoms in total. The number of methoxy groups -OCH3 is 2. The van der Waals surface area contributed by atoms with Crippen molar-refractivity contribution in [3.63, 3.8) is 0 Å². The molecular weight excluding hydrogens is 464 g/mol. The molecule has 0 atom stereocenters. The molecule has 0 saturated carbocycles. The van der Waals surface area contributed by atoms with Gasteiger partial charge in [-0.3, -0.25) is 0 Å². The molecule has 2 aliphatic rings. The predicted molar refractivity (Wildman–Crippen MR) is 125 cm³/mol. The minimum Gasteiger partial charge on any atom is -0.497 e. The second-order valence-electron chi connectivity index (χ2n) is 8.83. The topological polar surface area (TPSA) is 93.2 Å². The van der Waals surface area contributed by atoms with E-state index >= 15 is 0 Å². The van der Waals surface area contributed by atoms with E-state index in [4.69, 9.17) is 9.47 Å². The number of hydrogen-bond donors (Lipinski definition) is 0. The monoisotopic (exact) mass is 494 g/mol. The van der Waals surface area contributed by atoms with Gasteiger partial charge in [0.05, 0.1) is 19.1 Å². The van der Waals surface area contributed by atoms with Crippen LogP contribution in [0.25, 0.3) is 0 Å². The van der Waals surface area contributed by atoms with Crippen molar-refractivity contribution in [1.29, 1.82) is 0 Å². The summed E-state index contributed by atoms with van der Waals surface area (Å²) in [4.78, 5) is 0.389. The van der Waals surface area contributed by atoms with E-state index in [0.29, 0.717) is 56.9 Å². The largest absolute Gasteiger partial charge is 0.497 e. The lowest BCUT2D eigenvalue weighted by molar-refractivity contribution is 0.167. The standard InChI is InChI=1S/C23H30N2O6S2/c1-18-7-8-21(31-3)22(15-18)33(28,29)25-14-11-23(17-25)9-12-24(13-10-23)32(26,27)20-6-4-5-19(16-20)30-2/h4-8,15-16H,9-14,17H2,1-3H3. The Balaban J connectivity index is 1.49. The van der Waals surface area contributed by atoms with E-state index < -0.39 is 20.0 Å². The first-order valence-electron chi connectivity index (χ1n) is 10.9. The van der Waals surface area contributed by atoms with Gasteiger partial charge in [-0.25, -0.2) is 16.8 Å². The van der Waals surface area contributed by atoms with Crippen LogP contribution in [-0.2, 0) is 20.0 Å². The summed E-state index contributed by atoms with van der Waals surface area (Å²) >= 11 is 0. The van der Waals surface area contributed by atoms with E-state index in [1.54, 1.807) is 30.3 Å². The first-order chi connectivity index (χ1) is 15.6. The van der Waals surface area contributed by atoms with Gasteiger partial charge in [0, 0.05) is 32.2 Å². The van der Waals surface area contributed by atoms with Crippen molar-refractivity contribution in [2.45, 2.75) is 36.0 Å². The molecule has 0 N–H and O–H groups in total. The lowest BCUT2D eigenvalue weighted by Crippen LogP contribution is -2.44. The number of benzene rings is 2. The summed E-state index contributed by atoms with van der Waals surface area (Å²) in [6, 6.07) is 11.6. The second-order valence-corrected chi connectivity index (χ2v) is 12.7. The van der Waals surface area contributed by atoms with Gasteiger partial charge >= 0.3 is 0 Å². The summed E-state index contributed by atoms with van der Waals surface area (Å²) in [5.41, 5.74) is 0.629. The van der Waals surface area contributed by atoms with Crippen LogP contribution in [0.5, 0.6) is 11.5 Å². The molecule has 4 rings (SSSR count). The molecule has 1 spiro atoms. The molecule has 0 unspecified atom stereocenters. The number of hydrogen-bond acceptors (Lipinski definition) is 6. The highest BCUT2D eigenvalue weighted by molar-refractivity contribution is 7.89. The van der Waals surface area contributed by atoms with Gasteiger partial charge in [0.15, 0.2) is 0 Å². The lowest BCUT2D eigenvalue weighted by atomic mass is 9.78. The molecule has 2 saturated heterocycles. The third-order valence-corrected chi connectivity index (χ3v) is 10.6. The Morgan fingerprint density at radius 1 is 0.818 bits per heavy atom. The van der Waals surface area contributed by atoms with Gasteiger partial charge in [0.2, 0.25) is 20.0 Å². The molecule has 33 heavy (non-hydrogen) atoms. The van der Waals surface area contributed by atoms with Crippen LogP contribution < -0.4 is 9.47 Å². The highest BCUT2D eigenvalue weighted by atomic mass is 32.2. The van der Waals surface area contributed by atoms with Crippen LogP contribution in [0.15, 0.2) is 52.3 Å².